The van der Waals surface area contributed by atoms with Gasteiger partial charge in [-0.3, -0.25) is 9.59 Å². The van der Waals surface area contributed by atoms with Crippen LogP contribution in [0.3, 0.4) is 0 Å². The van der Waals surface area contributed by atoms with Crippen LogP contribution < -0.4 is 10.6 Å². The highest BCUT2D eigenvalue weighted by molar-refractivity contribution is 5.98. The molecular formula is C22H26N2O4. The maximum absolute atomic E-state index is 12.8. The minimum absolute atomic E-state index is 0.143. The zero-order chi connectivity index (χ0) is 20.5. The van der Waals surface area contributed by atoms with E-state index in [0.29, 0.717) is 12.0 Å². The molecule has 0 saturated carbocycles. The molecule has 0 fully saturated rings. The molecule has 28 heavy (non-hydrogen) atoms. The minimum Gasteiger partial charge on any atom is -0.480 e. The van der Waals surface area contributed by atoms with Crippen LogP contribution in [0.15, 0.2) is 60.7 Å². The fourth-order valence-electron chi connectivity index (χ4n) is 2.86. The largest absolute Gasteiger partial charge is 0.480 e. The molecule has 0 aliphatic carbocycles. The maximum atomic E-state index is 12.8. The molecule has 2 rings (SSSR count). The fraction of sp³-hybridized carbons (Fsp3) is 0.318. The first-order chi connectivity index (χ1) is 13.4. The molecule has 3 N–H and O–H groups in total. The van der Waals surface area contributed by atoms with Crippen LogP contribution >= 0.6 is 0 Å². The van der Waals surface area contributed by atoms with Crippen molar-refractivity contribution in [1.29, 1.82) is 0 Å². The quantitative estimate of drug-likeness (QED) is 0.621. The molecule has 2 aromatic carbocycles. The van der Waals surface area contributed by atoms with Gasteiger partial charge in [0.1, 0.15) is 12.1 Å². The molecule has 0 heterocycles. The summed E-state index contributed by atoms with van der Waals surface area (Å²) in [5.74, 6) is -1.84. The topological polar surface area (TPSA) is 95.5 Å². The van der Waals surface area contributed by atoms with Gasteiger partial charge in [-0.15, -0.1) is 0 Å². The van der Waals surface area contributed by atoms with Gasteiger partial charge < -0.3 is 15.7 Å². The number of aliphatic carboxylic acids is 1. The van der Waals surface area contributed by atoms with E-state index in [2.05, 4.69) is 10.6 Å². The number of benzene rings is 2. The van der Waals surface area contributed by atoms with Gasteiger partial charge in [0.2, 0.25) is 5.91 Å². The van der Waals surface area contributed by atoms with Crippen LogP contribution in [-0.4, -0.2) is 35.0 Å². The van der Waals surface area contributed by atoms with Gasteiger partial charge in [-0.1, -0.05) is 62.4 Å². The van der Waals surface area contributed by atoms with E-state index in [1.165, 1.54) is 0 Å². The Balaban J connectivity index is 2.09. The van der Waals surface area contributed by atoms with Gasteiger partial charge in [0.15, 0.2) is 0 Å². The first-order valence-electron chi connectivity index (χ1n) is 9.30. The number of carbonyl (C=O) groups excluding carboxylic acids is 2. The number of rotatable bonds is 9. The third-order valence-corrected chi connectivity index (χ3v) is 4.26. The highest BCUT2D eigenvalue weighted by atomic mass is 16.4. The van der Waals surface area contributed by atoms with Crippen LogP contribution in [0.5, 0.6) is 0 Å². The first-order valence-corrected chi connectivity index (χ1v) is 9.30. The second kappa shape index (κ2) is 10.3. The van der Waals surface area contributed by atoms with Gasteiger partial charge in [-0.2, -0.15) is 0 Å². The van der Waals surface area contributed by atoms with E-state index in [-0.39, 0.29) is 18.2 Å². The predicted molar refractivity (Wildman–Crippen MR) is 107 cm³/mol. The lowest BCUT2D eigenvalue weighted by Crippen LogP contribution is -2.52. The molecule has 0 aliphatic rings. The molecule has 2 amide bonds. The third-order valence-electron chi connectivity index (χ3n) is 4.26. The van der Waals surface area contributed by atoms with Crippen LogP contribution in [0.4, 0.5) is 0 Å². The molecule has 0 spiro atoms. The average Bonchev–Trinajstić information content (AvgIpc) is 2.68. The summed E-state index contributed by atoms with van der Waals surface area (Å²) in [5, 5.41) is 14.8. The van der Waals surface area contributed by atoms with Gasteiger partial charge in [-0.25, -0.2) is 4.79 Å². The smallest absolute Gasteiger partial charge is 0.326 e. The molecule has 2 aromatic rings. The number of hydrogen-bond acceptors (Lipinski definition) is 3. The highest BCUT2D eigenvalue weighted by Gasteiger charge is 2.27. The van der Waals surface area contributed by atoms with E-state index in [9.17, 15) is 19.5 Å². The van der Waals surface area contributed by atoms with E-state index in [1.54, 1.807) is 30.3 Å². The number of nitrogens with one attached hydrogen (secondary N) is 2. The third kappa shape index (κ3) is 6.54. The van der Waals surface area contributed by atoms with Crippen LogP contribution in [0, 0.1) is 5.92 Å². The molecule has 0 bridgehead atoms. The average molecular weight is 382 g/mol. The normalized spacial score (nSPS) is 12.8. The van der Waals surface area contributed by atoms with Crippen molar-refractivity contribution in [2.75, 3.05) is 0 Å². The van der Waals surface area contributed by atoms with Crippen molar-refractivity contribution < 1.29 is 19.5 Å². The number of carbonyl (C=O) groups is 3. The van der Waals surface area contributed by atoms with Crippen molar-refractivity contribution in [2.24, 2.45) is 5.92 Å². The molecular weight excluding hydrogens is 356 g/mol. The molecule has 0 aliphatic heterocycles. The lowest BCUT2D eigenvalue weighted by atomic mass is 10.0. The Bertz CT molecular complexity index is 791. The second-order valence-corrected chi connectivity index (χ2v) is 7.11. The van der Waals surface area contributed by atoms with Crippen LogP contribution in [-0.2, 0) is 16.0 Å². The van der Waals surface area contributed by atoms with Gasteiger partial charge in [0.05, 0.1) is 0 Å². The molecule has 6 heteroatoms. The Morgan fingerprint density at radius 3 is 1.96 bits per heavy atom. The summed E-state index contributed by atoms with van der Waals surface area (Å²) >= 11 is 0. The molecule has 2 unspecified atom stereocenters. The predicted octanol–water partition coefficient (Wildman–Crippen LogP) is 2.64. The standard InChI is InChI=1S/C22H26N2O4/c1-15(2)13-18(23-20(25)17-11-7-4-8-12-17)21(26)24-19(22(27)28)14-16-9-5-3-6-10-16/h3-12,15,18-19H,13-14H2,1-2H3,(H,23,25)(H,24,26)(H,27,28). The Morgan fingerprint density at radius 1 is 0.857 bits per heavy atom. The lowest BCUT2D eigenvalue weighted by Gasteiger charge is -2.23. The van der Waals surface area contributed by atoms with Gasteiger partial charge in [0.25, 0.3) is 5.91 Å². The Kier molecular flexibility index (Phi) is 7.75. The monoisotopic (exact) mass is 382 g/mol. The second-order valence-electron chi connectivity index (χ2n) is 7.11. The van der Waals surface area contributed by atoms with Crippen LogP contribution in [0.1, 0.15) is 36.2 Å². The Labute approximate surface area is 165 Å². The van der Waals surface area contributed by atoms with Crippen molar-refractivity contribution in [3.63, 3.8) is 0 Å². The Hall–Kier alpha value is -3.15. The van der Waals surface area contributed by atoms with E-state index in [1.807, 2.05) is 44.2 Å². The van der Waals surface area contributed by atoms with Gasteiger partial charge in [0, 0.05) is 12.0 Å². The van der Waals surface area contributed by atoms with Gasteiger partial charge in [-0.05, 0) is 30.0 Å². The van der Waals surface area contributed by atoms with Crippen molar-refractivity contribution in [1.82, 2.24) is 10.6 Å². The number of carboxylic acids is 1. The van der Waals surface area contributed by atoms with E-state index in [0.717, 1.165) is 5.56 Å². The summed E-state index contributed by atoms with van der Waals surface area (Å²) in [6.45, 7) is 3.88. The summed E-state index contributed by atoms with van der Waals surface area (Å²) < 4.78 is 0. The van der Waals surface area contributed by atoms with Crippen molar-refractivity contribution in [3.8, 4) is 0 Å². The summed E-state index contributed by atoms with van der Waals surface area (Å²) in [7, 11) is 0. The first kappa shape index (κ1) is 21.2. The highest BCUT2D eigenvalue weighted by Crippen LogP contribution is 2.09. The fourth-order valence-corrected chi connectivity index (χ4v) is 2.86. The zero-order valence-electron chi connectivity index (χ0n) is 16.1. The molecule has 0 aromatic heterocycles. The van der Waals surface area contributed by atoms with Crippen molar-refractivity contribution >= 4 is 17.8 Å². The molecule has 148 valence electrons. The number of amides is 2. The molecule has 6 nitrogen and oxygen atoms in total. The summed E-state index contributed by atoms with van der Waals surface area (Å²) in [4.78, 5) is 36.8. The lowest BCUT2D eigenvalue weighted by molar-refractivity contribution is -0.142. The summed E-state index contributed by atoms with van der Waals surface area (Å²) in [6, 6.07) is 15.8. The maximum Gasteiger partial charge on any atom is 0.326 e. The number of carboxylic acid groups (broad SMARTS) is 1. The van der Waals surface area contributed by atoms with Crippen molar-refractivity contribution in [2.45, 2.75) is 38.8 Å². The SMILES string of the molecule is CC(C)CC(NC(=O)c1ccccc1)C(=O)NC(Cc1ccccc1)C(=O)O. The van der Waals surface area contributed by atoms with Crippen LogP contribution in [0.25, 0.3) is 0 Å². The Morgan fingerprint density at radius 2 is 1.43 bits per heavy atom. The zero-order valence-corrected chi connectivity index (χ0v) is 16.1. The summed E-state index contributed by atoms with van der Waals surface area (Å²) in [5.41, 5.74) is 1.26. The molecule has 2 atom stereocenters. The number of hydrogen-bond donors (Lipinski definition) is 3. The molecule has 0 saturated heterocycles. The van der Waals surface area contributed by atoms with E-state index in [4.69, 9.17) is 0 Å². The van der Waals surface area contributed by atoms with E-state index >= 15 is 0 Å². The van der Waals surface area contributed by atoms with Gasteiger partial charge >= 0.3 is 5.97 Å². The summed E-state index contributed by atoms with van der Waals surface area (Å²) in [6.07, 6.45) is 0.574. The van der Waals surface area contributed by atoms with Crippen molar-refractivity contribution in [3.05, 3.63) is 71.8 Å². The van der Waals surface area contributed by atoms with Crippen LogP contribution in [0.2, 0.25) is 0 Å². The minimum atomic E-state index is -1.12. The van der Waals surface area contributed by atoms with E-state index < -0.39 is 24.0 Å². The molecule has 0 radical (unpaired) electrons.